The highest BCUT2D eigenvalue weighted by Gasteiger charge is 2.80. The van der Waals surface area contributed by atoms with E-state index >= 15 is 0 Å². The van der Waals surface area contributed by atoms with Gasteiger partial charge in [-0.15, -0.1) is 0 Å². The van der Waals surface area contributed by atoms with Crippen molar-refractivity contribution in [1.29, 1.82) is 0 Å². The number of carbonyl (C=O) groups is 2. The lowest BCUT2D eigenvalue weighted by molar-refractivity contribution is -0.293. The Morgan fingerprint density at radius 2 is 1.36 bits per heavy atom. The van der Waals surface area contributed by atoms with Crippen molar-refractivity contribution < 1.29 is 19.1 Å². The summed E-state index contributed by atoms with van der Waals surface area (Å²) in [6, 6.07) is 0. The van der Waals surface area contributed by atoms with Gasteiger partial charge in [-0.25, -0.2) is 0 Å². The summed E-state index contributed by atoms with van der Waals surface area (Å²) in [7, 11) is 3.03. The smallest absolute Gasteiger partial charge is 0.312 e. The second-order valence-electron chi connectivity index (χ2n) is 8.58. The van der Waals surface area contributed by atoms with Gasteiger partial charge in [0.1, 0.15) is 0 Å². The Kier molecular flexibility index (Phi) is 2.36. The van der Waals surface area contributed by atoms with Gasteiger partial charge in [-0.2, -0.15) is 0 Å². The van der Waals surface area contributed by atoms with E-state index in [2.05, 4.69) is 0 Å². The maximum Gasteiger partial charge on any atom is 0.312 e. The lowest BCUT2D eigenvalue weighted by Crippen LogP contribution is -2.76. The Bertz CT molecular complexity index is 527. The first kappa shape index (κ1) is 13.4. The van der Waals surface area contributed by atoms with E-state index < -0.39 is 0 Å². The lowest BCUT2D eigenvalue weighted by Gasteiger charge is -2.76. The summed E-state index contributed by atoms with van der Waals surface area (Å²) in [5.41, 5.74) is -0.773. The number of esters is 2. The van der Waals surface area contributed by atoms with Crippen molar-refractivity contribution in [3.8, 4) is 0 Å². The highest BCUT2D eigenvalue weighted by atomic mass is 16.5. The summed E-state index contributed by atoms with van der Waals surface area (Å²) in [5.74, 6) is 2.75. The number of hydrogen-bond donors (Lipinski definition) is 0. The van der Waals surface area contributed by atoms with Crippen LogP contribution >= 0.6 is 0 Å². The maximum absolute atomic E-state index is 12.9. The van der Waals surface area contributed by atoms with Crippen molar-refractivity contribution in [3.63, 3.8) is 0 Å². The zero-order valence-electron chi connectivity index (χ0n) is 13.3. The minimum atomic E-state index is -0.387. The summed E-state index contributed by atoms with van der Waals surface area (Å²) in [6.45, 7) is 0. The molecule has 0 aromatic carbocycles. The van der Waals surface area contributed by atoms with Gasteiger partial charge in [0.05, 0.1) is 25.0 Å². The van der Waals surface area contributed by atoms with Crippen molar-refractivity contribution in [2.24, 2.45) is 46.3 Å². The molecule has 0 radical (unpaired) electrons. The van der Waals surface area contributed by atoms with Crippen LogP contribution in [0.4, 0.5) is 0 Å². The molecule has 7 aliphatic carbocycles. The molecule has 0 heterocycles. The largest absolute Gasteiger partial charge is 0.469 e. The molecular formula is C18H24O4. The second kappa shape index (κ2) is 3.88. The SMILES string of the molecule is COC(=O)C12CC3CC4C1CC1CC4C(C(=O)OC)(C3)C2C1. The highest BCUT2D eigenvalue weighted by molar-refractivity contribution is 5.85. The molecule has 4 heteroatoms. The summed E-state index contributed by atoms with van der Waals surface area (Å²) < 4.78 is 10.6. The minimum Gasteiger partial charge on any atom is -0.469 e. The first-order valence-corrected chi connectivity index (χ1v) is 8.74. The van der Waals surface area contributed by atoms with Crippen molar-refractivity contribution in [1.82, 2.24) is 0 Å². The molecule has 0 amide bonds. The molecule has 7 rings (SSSR count). The summed E-state index contributed by atoms with van der Waals surface area (Å²) in [4.78, 5) is 25.8. The van der Waals surface area contributed by atoms with Crippen LogP contribution in [0, 0.1) is 46.3 Å². The molecule has 0 N–H and O–H groups in total. The molecule has 0 aromatic heterocycles. The monoisotopic (exact) mass is 304 g/mol. The standard InChI is InChI=1S/C18H24O4/c1-21-15(19)17-7-10-3-11-12(17)4-9-5-13(11)18(8-10,14(17)6-9)16(20)22-2/h9-14H,3-8H2,1-2H3. The topological polar surface area (TPSA) is 52.6 Å². The number of methoxy groups -OCH3 is 2. The minimum absolute atomic E-state index is 0.0380. The summed E-state index contributed by atoms with van der Waals surface area (Å²) in [5, 5.41) is 0. The highest BCUT2D eigenvalue weighted by Crippen LogP contribution is 2.80. The fourth-order valence-electron chi connectivity index (χ4n) is 8.18. The van der Waals surface area contributed by atoms with Crippen LogP contribution in [0.2, 0.25) is 0 Å². The molecule has 7 aliphatic rings. The Labute approximate surface area is 130 Å². The first-order valence-electron chi connectivity index (χ1n) is 8.74. The van der Waals surface area contributed by atoms with Crippen LogP contribution < -0.4 is 0 Å². The van der Waals surface area contributed by atoms with E-state index in [0.717, 1.165) is 19.3 Å². The van der Waals surface area contributed by atoms with Gasteiger partial charge >= 0.3 is 11.9 Å². The summed E-state index contributed by atoms with van der Waals surface area (Å²) >= 11 is 0. The maximum atomic E-state index is 12.9. The number of hydrogen-bond acceptors (Lipinski definition) is 4. The Morgan fingerprint density at radius 3 is 1.86 bits per heavy atom. The van der Waals surface area contributed by atoms with E-state index in [1.807, 2.05) is 0 Å². The van der Waals surface area contributed by atoms with Gasteiger partial charge in [0.2, 0.25) is 0 Å². The average Bonchev–Trinajstić information content (AvgIpc) is 2.56. The molecule has 4 unspecified atom stereocenters. The number of ether oxygens (including phenoxy) is 2. The van der Waals surface area contributed by atoms with Crippen LogP contribution in [-0.4, -0.2) is 26.2 Å². The molecule has 7 fully saturated rings. The van der Waals surface area contributed by atoms with Gasteiger partial charge in [0.15, 0.2) is 0 Å². The van der Waals surface area contributed by atoms with Crippen LogP contribution in [0.1, 0.15) is 38.5 Å². The van der Waals surface area contributed by atoms with Crippen LogP contribution in [0.15, 0.2) is 0 Å². The third-order valence-corrected chi connectivity index (χ3v) is 8.33. The zero-order valence-corrected chi connectivity index (χ0v) is 13.3. The molecule has 8 bridgehead atoms. The van der Waals surface area contributed by atoms with Crippen molar-refractivity contribution in [3.05, 3.63) is 0 Å². The van der Waals surface area contributed by atoms with Gasteiger partial charge in [-0.3, -0.25) is 9.59 Å². The van der Waals surface area contributed by atoms with Crippen molar-refractivity contribution in [2.75, 3.05) is 14.2 Å². The normalized spacial score (nSPS) is 56.3. The molecule has 22 heavy (non-hydrogen) atoms. The predicted molar refractivity (Wildman–Crippen MR) is 77.5 cm³/mol. The van der Waals surface area contributed by atoms with Crippen LogP contribution in [0.25, 0.3) is 0 Å². The van der Waals surface area contributed by atoms with E-state index in [9.17, 15) is 9.59 Å². The number of rotatable bonds is 2. The van der Waals surface area contributed by atoms with Crippen LogP contribution in [0.5, 0.6) is 0 Å². The van der Waals surface area contributed by atoms with Gasteiger partial charge in [-0.1, -0.05) is 0 Å². The molecule has 0 aromatic rings. The number of carbonyl (C=O) groups excluding carboxylic acids is 2. The predicted octanol–water partition coefficient (Wildman–Crippen LogP) is 2.41. The molecule has 0 spiro atoms. The Balaban J connectivity index is 1.74. The van der Waals surface area contributed by atoms with Gasteiger partial charge in [-0.05, 0) is 74.0 Å². The van der Waals surface area contributed by atoms with Gasteiger partial charge in [0.25, 0.3) is 0 Å². The second-order valence-corrected chi connectivity index (χ2v) is 8.58. The average molecular weight is 304 g/mol. The Hall–Kier alpha value is -1.06. The van der Waals surface area contributed by atoms with E-state index in [4.69, 9.17) is 9.47 Å². The van der Waals surface area contributed by atoms with Crippen LogP contribution in [-0.2, 0) is 19.1 Å². The molecule has 4 atom stereocenters. The molecule has 4 nitrogen and oxygen atoms in total. The Morgan fingerprint density at radius 1 is 0.818 bits per heavy atom. The van der Waals surface area contributed by atoms with E-state index in [0.29, 0.717) is 29.6 Å². The molecule has 120 valence electrons. The van der Waals surface area contributed by atoms with Gasteiger partial charge in [0, 0.05) is 0 Å². The van der Waals surface area contributed by atoms with Crippen molar-refractivity contribution in [2.45, 2.75) is 38.5 Å². The van der Waals surface area contributed by atoms with Gasteiger partial charge < -0.3 is 9.47 Å². The van der Waals surface area contributed by atoms with Crippen LogP contribution in [0.3, 0.4) is 0 Å². The lowest BCUT2D eigenvalue weighted by atomic mass is 9.26. The molecule has 0 saturated heterocycles. The third-order valence-electron chi connectivity index (χ3n) is 8.33. The zero-order chi connectivity index (χ0) is 15.3. The fraction of sp³-hybridized carbons (Fsp3) is 0.889. The summed E-state index contributed by atoms with van der Waals surface area (Å²) in [6.07, 6.45) is 6.49. The van der Waals surface area contributed by atoms with Crippen molar-refractivity contribution >= 4 is 11.9 Å². The quantitative estimate of drug-likeness (QED) is 0.735. The molecule has 7 saturated carbocycles. The third kappa shape index (κ3) is 1.15. The van der Waals surface area contributed by atoms with E-state index in [1.165, 1.54) is 33.5 Å². The van der Waals surface area contributed by atoms with E-state index in [-0.39, 0.29) is 28.7 Å². The first-order chi connectivity index (χ1) is 10.6. The fourth-order valence-corrected chi connectivity index (χ4v) is 8.18. The molecular weight excluding hydrogens is 280 g/mol. The molecule has 0 aliphatic heterocycles. The van der Waals surface area contributed by atoms with E-state index in [1.54, 1.807) is 0 Å².